The zero-order valence-corrected chi connectivity index (χ0v) is 15.8. The molecule has 0 spiro atoms. The second kappa shape index (κ2) is 10.6. The number of carbonyl (C=O) groups excluding carboxylic acids is 2. The monoisotopic (exact) mass is 397 g/mol. The second-order valence-electron chi connectivity index (χ2n) is 5.17. The molecule has 0 saturated heterocycles. The molecule has 0 aliphatic heterocycles. The molecule has 0 aliphatic rings. The summed E-state index contributed by atoms with van der Waals surface area (Å²) in [6.07, 6.45) is 0. The molecule has 0 saturated carbocycles. The van der Waals surface area contributed by atoms with E-state index in [2.05, 4.69) is 36.9 Å². The number of aliphatic imine (C=N–C) groups is 1. The zero-order valence-electron chi connectivity index (χ0n) is 14.2. The first-order valence-electron chi connectivity index (χ1n) is 7.70. The summed E-state index contributed by atoms with van der Waals surface area (Å²) in [6, 6.07) is 7.16. The van der Waals surface area contributed by atoms with Crippen molar-refractivity contribution < 1.29 is 9.59 Å². The van der Waals surface area contributed by atoms with Crippen molar-refractivity contribution in [2.75, 3.05) is 40.3 Å². The van der Waals surface area contributed by atoms with Gasteiger partial charge in [-0.2, -0.15) is 0 Å². The number of nitrogens with one attached hydrogen (secondary N) is 3. The standard InChI is InChI=1S/C16H24BrN5O2/c1-4-18-16(21-11-14(23)22(2)3)20-10-9-19-15(24)12-5-7-13(17)8-6-12/h5-8H,4,9-11H2,1-3H3,(H,19,24)(H2,18,20,21). The Labute approximate surface area is 151 Å². The van der Waals surface area contributed by atoms with Crippen LogP contribution in [0.5, 0.6) is 0 Å². The lowest BCUT2D eigenvalue weighted by Gasteiger charge is -2.13. The van der Waals surface area contributed by atoms with Crippen LogP contribution in [0.2, 0.25) is 0 Å². The Hall–Kier alpha value is -2.09. The number of guanidine groups is 1. The average molecular weight is 398 g/mol. The van der Waals surface area contributed by atoms with Crippen LogP contribution in [-0.2, 0) is 4.79 Å². The molecule has 1 aromatic carbocycles. The quantitative estimate of drug-likeness (QED) is 0.361. The van der Waals surface area contributed by atoms with Gasteiger partial charge in [-0.25, -0.2) is 4.99 Å². The summed E-state index contributed by atoms with van der Waals surface area (Å²) in [5, 5.41) is 8.95. The van der Waals surface area contributed by atoms with Gasteiger partial charge in [0.1, 0.15) is 6.54 Å². The second-order valence-corrected chi connectivity index (χ2v) is 6.09. The predicted molar refractivity (Wildman–Crippen MR) is 99.2 cm³/mol. The first-order valence-corrected chi connectivity index (χ1v) is 8.49. The van der Waals surface area contributed by atoms with Gasteiger partial charge in [-0.15, -0.1) is 0 Å². The molecule has 3 N–H and O–H groups in total. The molecule has 7 nitrogen and oxygen atoms in total. The van der Waals surface area contributed by atoms with E-state index in [1.165, 1.54) is 4.90 Å². The minimum atomic E-state index is -0.131. The third kappa shape index (κ3) is 7.45. The zero-order chi connectivity index (χ0) is 17.9. The van der Waals surface area contributed by atoms with E-state index in [4.69, 9.17) is 0 Å². The molecule has 0 radical (unpaired) electrons. The Kier molecular flexibility index (Phi) is 8.85. The summed E-state index contributed by atoms with van der Waals surface area (Å²) in [7, 11) is 3.38. The van der Waals surface area contributed by atoms with Gasteiger partial charge in [0.2, 0.25) is 5.91 Å². The van der Waals surface area contributed by atoms with E-state index in [1.807, 2.05) is 19.1 Å². The van der Waals surface area contributed by atoms with Gasteiger partial charge in [0.05, 0.1) is 0 Å². The highest BCUT2D eigenvalue weighted by atomic mass is 79.9. The number of nitrogens with zero attached hydrogens (tertiary/aromatic N) is 2. The van der Waals surface area contributed by atoms with E-state index in [9.17, 15) is 9.59 Å². The van der Waals surface area contributed by atoms with Crippen LogP contribution in [0.25, 0.3) is 0 Å². The molecule has 132 valence electrons. The fourth-order valence-corrected chi connectivity index (χ4v) is 1.95. The number of carbonyl (C=O) groups is 2. The Morgan fingerprint density at radius 3 is 2.29 bits per heavy atom. The number of benzene rings is 1. The number of hydrogen-bond acceptors (Lipinski definition) is 3. The fraction of sp³-hybridized carbons (Fsp3) is 0.438. The van der Waals surface area contributed by atoms with Crippen LogP contribution in [0.4, 0.5) is 0 Å². The molecule has 0 atom stereocenters. The van der Waals surface area contributed by atoms with E-state index in [0.29, 0.717) is 31.2 Å². The van der Waals surface area contributed by atoms with Gasteiger partial charge in [-0.05, 0) is 31.2 Å². The number of halogens is 1. The van der Waals surface area contributed by atoms with Gasteiger partial charge < -0.3 is 20.9 Å². The van der Waals surface area contributed by atoms with Crippen LogP contribution in [0, 0.1) is 0 Å². The minimum absolute atomic E-state index is 0.0734. The lowest BCUT2D eigenvalue weighted by molar-refractivity contribution is -0.127. The summed E-state index contributed by atoms with van der Waals surface area (Å²) in [5.74, 6) is 0.343. The third-order valence-corrected chi connectivity index (χ3v) is 3.55. The van der Waals surface area contributed by atoms with Crippen molar-refractivity contribution in [3.63, 3.8) is 0 Å². The first kappa shape index (κ1) is 20.0. The van der Waals surface area contributed by atoms with Crippen molar-refractivity contribution in [2.24, 2.45) is 4.99 Å². The van der Waals surface area contributed by atoms with Crippen molar-refractivity contribution in [1.82, 2.24) is 20.9 Å². The Bertz CT molecular complexity index is 572. The summed E-state index contributed by atoms with van der Waals surface area (Å²) in [5.41, 5.74) is 0.607. The van der Waals surface area contributed by atoms with E-state index >= 15 is 0 Å². The maximum atomic E-state index is 12.0. The maximum Gasteiger partial charge on any atom is 0.251 e. The highest BCUT2D eigenvalue weighted by Crippen LogP contribution is 2.10. The van der Waals surface area contributed by atoms with Gasteiger partial charge in [-0.1, -0.05) is 15.9 Å². The molecular formula is C16H24BrN5O2. The molecular weight excluding hydrogens is 374 g/mol. The van der Waals surface area contributed by atoms with Crippen LogP contribution in [-0.4, -0.2) is 62.9 Å². The summed E-state index contributed by atoms with van der Waals surface area (Å²) in [6.45, 7) is 3.66. The average Bonchev–Trinajstić information content (AvgIpc) is 2.56. The van der Waals surface area contributed by atoms with Crippen LogP contribution in [0.15, 0.2) is 33.7 Å². The Morgan fingerprint density at radius 1 is 1.08 bits per heavy atom. The highest BCUT2D eigenvalue weighted by Gasteiger charge is 2.05. The van der Waals surface area contributed by atoms with E-state index in [-0.39, 0.29) is 18.4 Å². The van der Waals surface area contributed by atoms with Gasteiger partial charge in [0.25, 0.3) is 5.91 Å². The van der Waals surface area contributed by atoms with Crippen molar-refractivity contribution in [2.45, 2.75) is 6.92 Å². The molecule has 0 unspecified atom stereocenters. The van der Waals surface area contributed by atoms with E-state index in [1.54, 1.807) is 26.2 Å². The Morgan fingerprint density at radius 2 is 1.71 bits per heavy atom. The smallest absolute Gasteiger partial charge is 0.251 e. The van der Waals surface area contributed by atoms with Crippen molar-refractivity contribution in [1.29, 1.82) is 0 Å². The molecule has 0 bridgehead atoms. The first-order chi connectivity index (χ1) is 11.4. The molecule has 0 heterocycles. The maximum absolute atomic E-state index is 12.0. The molecule has 0 aromatic heterocycles. The lowest BCUT2D eigenvalue weighted by atomic mass is 10.2. The van der Waals surface area contributed by atoms with E-state index < -0.39 is 0 Å². The highest BCUT2D eigenvalue weighted by molar-refractivity contribution is 9.10. The molecule has 2 amide bonds. The van der Waals surface area contributed by atoms with Gasteiger partial charge in [-0.3, -0.25) is 9.59 Å². The number of amides is 2. The van der Waals surface area contributed by atoms with E-state index in [0.717, 1.165) is 4.47 Å². The van der Waals surface area contributed by atoms with Crippen LogP contribution in [0.1, 0.15) is 17.3 Å². The number of hydrogen-bond donors (Lipinski definition) is 3. The van der Waals surface area contributed by atoms with Crippen molar-refractivity contribution in [3.8, 4) is 0 Å². The molecule has 0 fully saturated rings. The molecule has 1 aromatic rings. The SMILES string of the molecule is CCNC(=NCC(=O)N(C)C)NCCNC(=O)c1ccc(Br)cc1. The molecule has 0 aliphatic carbocycles. The van der Waals surface area contributed by atoms with Gasteiger partial charge in [0.15, 0.2) is 5.96 Å². The predicted octanol–water partition coefficient (Wildman–Crippen LogP) is 0.822. The van der Waals surface area contributed by atoms with Crippen LogP contribution >= 0.6 is 15.9 Å². The summed E-state index contributed by atoms with van der Waals surface area (Å²) in [4.78, 5) is 29.2. The lowest BCUT2D eigenvalue weighted by Crippen LogP contribution is -2.42. The molecule has 24 heavy (non-hydrogen) atoms. The largest absolute Gasteiger partial charge is 0.357 e. The minimum Gasteiger partial charge on any atom is -0.357 e. The van der Waals surface area contributed by atoms with Crippen molar-refractivity contribution >= 4 is 33.7 Å². The topological polar surface area (TPSA) is 85.8 Å². The Balaban J connectivity index is 2.39. The van der Waals surface area contributed by atoms with Gasteiger partial charge >= 0.3 is 0 Å². The molecule has 1 rings (SSSR count). The van der Waals surface area contributed by atoms with Crippen LogP contribution < -0.4 is 16.0 Å². The number of rotatable bonds is 7. The van der Waals surface area contributed by atoms with Crippen molar-refractivity contribution in [3.05, 3.63) is 34.3 Å². The molecule has 8 heteroatoms. The number of likely N-dealkylation sites (N-methyl/N-ethyl adjacent to an activating group) is 1. The fourth-order valence-electron chi connectivity index (χ4n) is 1.69. The third-order valence-electron chi connectivity index (χ3n) is 3.02. The summed E-state index contributed by atoms with van der Waals surface area (Å²) >= 11 is 3.33. The van der Waals surface area contributed by atoms with Gasteiger partial charge in [0, 0.05) is 43.8 Å². The summed E-state index contributed by atoms with van der Waals surface area (Å²) < 4.78 is 0.930. The van der Waals surface area contributed by atoms with Crippen LogP contribution in [0.3, 0.4) is 0 Å². The normalized spacial score (nSPS) is 10.9.